The molecular weight excluding hydrogens is 412 g/mol. The van der Waals surface area contributed by atoms with E-state index in [1.165, 1.54) is 18.2 Å². The van der Waals surface area contributed by atoms with E-state index in [1.807, 2.05) is 6.92 Å². The van der Waals surface area contributed by atoms with Crippen LogP contribution < -0.4 is 16.0 Å². The molecule has 14 heteroatoms. The Bertz CT molecular complexity index is 1030. The maximum atomic E-state index is 11.3. The van der Waals surface area contributed by atoms with Crippen LogP contribution in [0.5, 0.6) is 0 Å². The van der Waals surface area contributed by atoms with Gasteiger partial charge in [0, 0.05) is 18.8 Å². The highest BCUT2D eigenvalue weighted by atomic mass is 32.2. The van der Waals surface area contributed by atoms with Gasteiger partial charge in [0.1, 0.15) is 0 Å². The van der Waals surface area contributed by atoms with Crippen LogP contribution >= 0.6 is 0 Å². The fourth-order valence-electron chi connectivity index (χ4n) is 1.98. The Kier molecular flexibility index (Phi) is 7.06. The molecule has 154 valence electrons. The zero-order chi connectivity index (χ0) is 20.8. The third-order valence-corrected chi connectivity index (χ3v) is 4.77. The molecule has 0 aliphatic rings. The summed E-state index contributed by atoms with van der Waals surface area (Å²) in [5.41, 5.74) is 0.298. The standard InChI is InChI=1S/C14H20N6O6S2/c1-2-6-15-12-18-13(16-7-8-27(21,22)23)20-14(19-12)17-10-4-3-5-11(9-10)28(24,25)26/h3-5,9H,2,6-8H2,1H3,(H,21,22,23)(H,24,25,26)(H3,15,16,17,18,19,20). The van der Waals surface area contributed by atoms with Gasteiger partial charge in [0.05, 0.1) is 10.6 Å². The van der Waals surface area contributed by atoms with E-state index in [2.05, 4.69) is 30.9 Å². The van der Waals surface area contributed by atoms with E-state index in [0.717, 1.165) is 6.42 Å². The SMILES string of the molecule is CCCNc1nc(NCCS(=O)(=O)O)nc(Nc2cccc(S(=O)(=O)O)c2)n1. The Labute approximate surface area is 162 Å². The summed E-state index contributed by atoms with van der Waals surface area (Å²) in [7, 11) is -8.51. The van der Waals surface area contributed by atoms with Crippen molar-refractivity contribution in [3.8, 4) is 0 Å². The zero-order valence-corrected chi connectivity index (χ0v) is 16.5. The highest BCUT2D eigenvalue weighted by Gasteiger charge is 2.12. The molecule has 1 aromatic heterocycles. The van der Waals surface area contributed by atoms with Gasteiger partial charge in [-0.2, -0.15) is 31.8 Å². The van der Waals surface area contributed by atoms with E-state index in [-0.39, 0.29) is 29.3 Å². The molecule has 2 aromatic rings. The summed E-state index contributed by atoms with van der Waals surface area (Å²) < 4.78 is 62.1. The number of nitrogens with zero attached hydrogens (tertiary/aromatic N) is 3. The summed E-state index contributed by atoms with van der Waals surface area (Å²) in [5, 5.41) is 8.41. The maximum absolute atomic E-state index is 11.3. The minimum atomic E-state index is -4.37. The summed E-state index contributed by atoms with van der Waals surface area (Å²) in [6, 6.07) is 5.39. The van der Waals surface area contributed by atoms with Gasteiger partial charge in [-0.15, -0.1) is 0 Å². The van der Waals surface area contributed by atoms with Crippen LogP contribution in [0.15, 0.2) is 29.2 Å². The van der Waals surface area contributed by atoms with Crippen molar-refractivity contribution in [2.45, 2.75) is 18.2 Å². The Morgan fingerprint density at radius 1 is 0.929 bits per heavy atom. The summed E-state index contributed by atoms with van der Waals surface area (Å²) in [6.07, 6.45) is 0.802. The second-order valence-corrected chi connectivity index (χ2v) is 8.57. The van der Waals surface area contributed by atoms with Crippen LogP contribution in [-0.4, -0.2) is 59.7 Å². The summed E-state index contributed by atoms with van der Waals surface area (Å²) >= 11 is 0. The van der Waals surface area contributed by atoms with Crippen molar-refractivity contribution in [2.75, 3.05) is 34.8 Å². The van der Waals surface area contributed by atoms with E-state index in [1.54, 1.807) is 6.07 Å². The molecule has 2 rings (SSSR count). The molecule has 0 saturated heterocycles. The molecule has 0 atom stereocenters. The van der Waals surface area contributed by atoms with Crippen LogP contribution in [0.4, 0.5) is 23.5 Å². The maximum Gasteiger partial charge on any atom is 0.294 e. The normalized spacial score (nSPS) is 11.8. The van der Waals surface area contributed by atoms with Gasteiger partial charge in [0.25, 0.3) is 20.2 Å². The van der Waals surface area contributed by atoms with Crippen LogP contribution in [0.25, 0.3) is 0 Å². The minimum absolute atomic E-state index is 0.0469. The van der Waals surface area contributed by atoms with Gasteiger partial charge >= 0.3 is 0 Å². The number of benzene rings is 1. The van der Waals surface area contributed by atoms with Crippen LogP contribution in [0.3, 0.4) is 0 Å². The van der Waals surface area contributed by atoms with Gasteiger partial charge < -0.3 is 16.0 Å². The van der Waals surface area contributed by atoms with E-state index in [0.29, 0.717) is 12.2 Å². The molecule has 12 nitrogen and oxygen atoms in total. The molecule has 1 aromatic carbocycles. The second-order valence-electron chi connectivity index (χ2n) is 5.57. The predicted octanol–water partition coefficient (Wildman–Crippen LogP) is 0.983. The molecule has 0 saturated carbocycles. The van der Waals surface area contributed by atoms with Crippen molar-refractivity contribution in [1.29, 1.82) is 0 Å². The summed E-state index contributed by atoms with van der Waals surface area (Å²) in [5.74, 6) is -0.226. The van der Waals surface area contributed by atoms with Crippen molar-refractivity contribution in [3.05, 3.63) is 24.3 Å². The van der Waals surface area contributed by atoms with Crippen LogP contribution in [-0.2, 0) is 20.2 Å². The Hall–Kier alpha value is -2.55. The Morgan fingerprint density at radius 3 is 2.11 bits per heavy atom. The smallest absolute Gasteiger partial charge is 0.294 e. The average Bonchev–Trinajstić information content (AvgIpc) is 2.58. The van der Waals surface area contributed by atoms with Crippen molar-refractivity contribution in [3.63, 3.8) is 0 Å². The first-order valence-electron chi connectivity index (χ1n) is 8.10. The molecule has 28 heavy (non-hydrogen) atoms. The number of hydrogen-bond donors (Lipinski definition) is 5. The van der Waals surface area contributed by atoms with Gasteiger partial charge in [-0.05, 0) is 24.6 Å². The third-order valence-electron chi connectivity index (χ3n) is 3.20. The van der Waals surface area contributed by atoms with Gasteiger partial charge in [0.2, 0.25) is 17.8 Å². The zero-order valence-electron chi connectivity index (χ0n) is 14.8. The fourth-order valence-corrected chi connectivity index (χ4v) is 2.87. The Balaban J connectivity index is 2.25. The van der Waals surface area contributed by atoms with Crippen molar-refractivity contribution in [2.24, 2.45) is 0 Å². The van der Waals surface area contributed by atoms with Crippen LogP contribution in [0, 0.1) is 0 Å². The van der Waals surface area contributed by atoms with Crippen LogP contribution in [0.2, 0.25) is 0 Å². The first kappa shape index (κ1) is 21.7. The average molecular weight is 432 g/mol. The molecule has 0 bridgehead atoms. The first-order valence-corrected chi connectivity index (χ1v) is 11.2. The molecule has 0 fully saturated rings. The molecule has 0 unspecified atom stereocenters. The summed E-state index contributed by atoms with van der Waals surface area (Å²) in [4.78, 5) is 12.0. The largest absolute Gasteiger partial charge is 0.354 e. The van der Waals surface area contributed by atoms with Crippen molar-refractivity contribution in [1.82, 2.24) is 15.0 Å². The monoisotopic (exact) mass is 432 g/mol. The lowest BCUT2D eigenvalue weighted by Crippen LogP contribution is -2.17. The number of nitrogens with one attached hydrogen (secondary N) is 3. The van der Waals surface area contributed by atoms with E-state index in [4.69, 9.17) is 9.11 Å². The van der Waals surface area contributed by atoms with Gasteiger partial charge in [-0.1, -0.05) is 13.0 Å². The highest BCUT2D eigenvalue weighted by Crippen LogP contribution is 2.19. The van der Waals surface area contributed by atoms with Crippen LogP contribution in [0.1, 0.15) is 13.3 Å². The fraction of sp³-hybridized carbons (Fsp3) is 0.357. The predicted molar refractivity (Wildman–Crippen MR) is 103 cm³/mol. The number of aromatic nitrogens is 3. The Morgan fingerprint density at radius 2 is 1.54 bits per heavy atom. The lowest BCUT2D eigenvalue weighted by Gasteiger charge is -2.11. The number of anilines is 4. The second kappa shape index (κ2) is 9.09. The van der Waals surface area contributed by atoms with Gasteiger partial charge in [0.15, 0.2) is 0 Å². The van der Waals surface area contributed by atoms with Crippen molar-refractivity contribution >= 4 is 43.8 Å². The number of rotatable bonds is 10. The van der Waals surface area contributed by atoms with E-state index >= 15 is 0 Å². The molecule has 5 N–H and O–H groups in total. The molecule has 0 aliphatic carbocycles. The first-order chi connectivity index (χ1) is 13.1. The van der Waals surface area contributed by atoms with E-state index in [9.17, 15) is 16.8 Å². The van der Waals surface area contributed by atoms with Gasteiger partial charge in [-0.25, -0.2) is 0 Å². The molecule has 0 radical (unpaired) electrons. The molecule has 0 amide bonds. The molecular formula is C14H20N6O6S2. The highest BCUT2D eigenvalue weighted by molar-refractivity contribution is 7.86. The number of hydrogen-bond acceptors (Lipinski definition) is 10. The van der Waals surface area contributed by atoms with Crippen molar-refractivity contribution < 1.29 is 25.9 Å². The molecule has 0 spiro atoms. The lowest BCUT2D eigenvalue weighted by molar-refractivity contribution is 0.481. The molecule has 0 aliphatic heterocycles. The molecule has 1 heterocycles. The third kappa shape index (κ3) is 7.22. The summed E-state index contributed by atoms with van der Waals surface area (Å²) in [6.45, 7) is 2.39. The minimum Gasteiger partial charge on any atom is -0.354 e. The lowest BCUT2D eigenvalue weighted by atomic mass is 10.3. The van der Waals surface area contributed by atoms with Gasteiger partial charge in [-0.3, -0.25) is 9.11 Å². The van der Waals surface area contributed by atoms with E-state index < -0.39 is 26.0 Å². The topological polar surface area (TPSA) is 184 Å². The quantitative estimate of drug-likeness (QED) is 0.336.